The van der Waals surface area contributed by atoms with Crippen molar-refractivity contribution in [3.05, 3.63) is 115 Å². The van der Waals surface area contributed by atoms with Crippen LogP contribution < -0.4 is 48.9 Å². The largest absolute Gasteiger partial charge is 0.496 e. The number of carbonyl (C=O) groups is 1. The average molecular weight is 1210 g/mol. The average Bonchev–Trinajstić information content (AvgIpc) is 0.884. The molecule has 8 aliphatic heterocycles. The number of halogens is 3. The first-order valence-electron chi connectivity index (χ1n) is 28.5. The number of nitriles is 2. The summed E-state index contributed by atoms with van der Waals surface area (Å²) >= 11 is 17.5. The molecule has 4 aromatic carbocycles. The fraction of sp³-hybridized carbons (Fsp3) is 0.508. The van der Waals surface area contributed by atoms with Gasteiger partial charge < -0.3 is 53.7 Å². The summed E-state index contributed by atoms with van der Waals surface area (Å²) in [5.74, 6) is 5.93. The molecule has 8 aliphatic rings. The predicted molar refractivity (Wildman–Crippen MR) is 319 cm³/mol. The Morgan fingerprint density at radius 1 is 0.667 bits per heavy atom. The van der Waals surface area contributed by atoms with E-state index in [1.165, 1.54) is 27.8 Å². The third-order valence-electron chi connectivity index (χ3n) is 18.8. The van der Waals surface area contributed by atoms with Gasteiger partial charge in [-0.05, 0) is 126 Å². The smallest absolute Gasteiger partial charge is 0.407 e. The Balaban J connectivity index is 0.000000178. The van der Waals surface area contributed by atoms with E-state index in [2.05, 4.69) is 104 Å². The third-order valence-corrected chi connectivity index (χ3v) is 19.1. The molecule has 0 spiro atoms. The van der Waals surface area contributed by atoms with E-state index in [4.69, 9.17) is 83.2 Å². The molecule has 2 saturated heterocycles. The molecule has 10 atom stereocenters. The van der Waals surface area contributed by atoms with Gasteiger partial charge in [0.25, 0.3) is 0 Å². The summed E-state index contributed by atoms with van der Waals surface area (Å²) in [6.45, 7) is 21.0. The van der Waals surface area contributed by atoms with Gasteiger partial charge in [0, 0.05) is 70.6 Å². The zero-order valence-electron chi connectivity index (χ0n) is 49.3. The number of hydrogen-bond acceptors (Lipinski definition) is 17. The van der Waals surface area contributed by atoms with Crippen LogP contribution in [0.2, 0.25) is 0 Å². The molecule has 8 heterocycles. The molecule has 84 heavy (non-hydrogen) atoms. The number of methoxy groups -OCH3 is 2. The standard InChI is InChI=1S/C33H37Cl3N4O6.C30H36N4O4/c1-7-8-43-29-18(4)30-31(46-15-45-30)26-20(29)11-22-27-25-17(3)28(42-6)16(2)9-19(25)10-21(39(27)5)23(12-37)40(22)24(26)13-38-32(41)44-14-33(34,35)36;1-7-8-36-28-17(4)29-30(38-14-37-29)25-19(28)11-21-26-24-16(3)27(35-6)15(2)9-18(24)10-20(33(26)5)22(12-31)34(21)23(25)13-32/h7,9,21-24,27H,1,8,10-11,13-15H2,2-6H3,(H,38,41);7,9,20-23,26H,1,8,10-11,13-14,32H2,2-6H3/t21-,22?,23-,24-,27-;20-,21?,22-,23-,26-/m00/s1. The molecule has 1 amide bonds. The van der Waals surface area contributed by atoms with Crippen molar-refractivity contribution in [2.24, 2.45) is 5.73 Å². The molecule has 2 fully saturated rings. The maximum absolute atomic E-state index is 12.9. The van der Waals surface area contributed by atoms with Gasteiger partial charge in [-0.3, -0.25) is 19.6 Å². The van der Waals surface area contributed by atoms with Crippen molar-refractivity contribution in [3.63, 3.8) is 0 Å². The summed E-state index contributed by atoms with van der Waals surface area (Å²) < 4.78 is 51.9. The Kier molecular flexibility index (Phi) is 16.4. The Morgan fingerprint density at radius 3 is 1.50 bits per heavy atom. The summed E-state index contributed by atoms with van der Waals surface area (Å²) in [4.78, 5) is 22.3. The Morgan fingerprint density at radius 2 is 1.10 bits per heavy atom. The van der Waals surface area contributed by atoms with E-state index in [1.54, 1.807) is 26.4 Å². The zero-order valence-corrected chi connectivity index (χ0v) is 51.5. The molecule has 0 saturated carbocycles. The number of amides is 1. The Bertz CT molecular complexity index is 3430. The normalized spacial score (nSPS) is 25.8. The molecule has 0 aliphatic carbocycles. The van der Waals surface area contributed by atoms with Crippen LogP contribution in [-0.2, 0) is 30.4 Å². The lowest BCUT2D eigenvalue weighted by atomic mass is 9.71. The maximum atomic E-state index is 12.9. The van der Waals surface area contributed by atoms with Crippen molar-refractivity contribution in [3.8, 4) is 58.1 Å². The number of benzene rings is 4. The van der Waals surface area contributed by atoms with Crippen molar-refractivity contribution in [1.29, 1.82) is 10.5 Å². The van der Waals surface area contributed by atoms with Crippen molar-refractivity contribution in [1.82, 2.24) is 24.9 Å². The lowest BCUT2D eigenvalue weighted by molar-refractivity contribution is -0.0718. The maximum Gasteiger partial charge on any atom is 0.407 e. The van der Waals surface area contributed by atoms with E-state index in [1.807, 2.05) is 13.8 Å². The molecule has 0 radical (unpaired) electrons. The highest BCUT2D eigenvalue weighted by Gasteiger charge is 2.58. The van der Waals surface area contributed by atoms with E-state index in [-0.39, 0.29) is 75.1 Å². The number of alkyl halides is 3. The summed E-state index contributed by atoms with van der Waals surface area (Å²) in [5, 5.41) is 24.3. The highest BCUT2D eigenvalue weighted by atomic mass is 35.6. The van der Waals surface area contributed by atoms with E-state index in [0.717, 1.165) is 79.5 Å². The van der Waals surface area contributed by atoms with Crippen LogP contribution in [0.25, 0.3) is 0 Å². The van der Waals surface area contributed by atoms with Gasteiger partial charge in [0.1, 0.15) is 54.9 Å². The highest BCUT2D eigenvalue weighted by Crippen LogP contribution is 2.60. The number of nitrogens with two attached hydrogens (primary N) is 1. The minimum Gasteiger partial charge on any atom is -0.496 e. The molecule has 12 rings (SSSR count). The van der Waals surface area contributed by atoms with Gasteiger partial charge in [-0.15, -0.1) is 0 Å². The summed E-state index contributed by atoms with van der Waals surface area (Å²) in [6.07, 6.45) is 5.46. The fourth-order valence-electron chi connectivity index (χ4n) is 15.8. The molecule has 3 N–H and O–H groups in total. The molecule has 446 valence electrons. The van der Waals surface area contributed by atoms with Crippen molar-refractivity contribution in [2.75, 3.05) is 74.8 Å². The minimum absolute atomic E-state index is 0.0120. The fourth-order valence-corrected chi connectivity index (χ4v) is 16.0. The van der Waals surface area contributed by atoms with Crippen LogP contribution in [-0.4, -0.2) is 141 Å². The lowest BCUT2D eigenvalue weighted by Crippen LogP contribution is -2.69. The van der Waals surface area contributed by atoms with Crippen molar-refractivity contribution >= 4 is 40.9 Å². The summed E-state index contributed by atoms with van der Waals surface area (Å²) in [7, 11) is 7.71. The highest BCUT2D eigenvalue weighted by molar-refractivity contribution is 6.67. The number of alkyl carbamates (subject to hydrolysis) is 1. The molecule has 21 heteroatoms. The number of nitrogens with one attached hydrogen (secondary N) is 1. The second-order valence-electron chi connectivity index (χ2n) is 23.1. The lowest BCUT2D eigenvalue weighted by Gasteiger charge is -2.60. The van der Waals surface area contributed by atoms with E-state index in [0.29, 0.717) is 55.4 Å². The predicted octanol–water partition coefficient (Wildman–Crippen LogP) is 9.43. The molecular weight excluding hydrogens is 1140 g/mol. The van der Waals surface area contributed by atoms with Crippen LogP contribution in [0.5, 0.6) is 46.0 Å². The first-order chi connectivity index (χ1) is 40.3. The first kappa shape index (κ1) is 59.4. The van der Waals surface area contributed by atoms with E-state index in [9.17, 15) is 15.3 Å². The van der Waals surface area contributed by atoms with Crippen LogP contribution in [0, 0.1) is 64.2 Å². The minimum atomic E-state index is -1.76. The van der Waals surface area contributed by atoms with Crippen molar-refractivity contribution in [2.45, 2.75) is 131 Å². The van der Waals surface area contributed by atoms with Gasteiger partial charge in [-0.25, -0.2) is 4.79 Å². The number of hydrogen-bond donors (Lipinski definition) is 2. The molecule has 18 nitrogen and oxygen atoms in total. The van der Waals surface area contributed by atoms with Gasteiger partial charge in [-0.1, -0.05) is 72.2 Å². The summed E-state index contributed by atoms with van der Waals surface area (Å²) in [5.41, 5.74) is 21.7. The number of fused-ring (bicyclic) bond motifs is 18. The number of piperazine rings is 2. The topological polar surface area (TPSA) is 199 Å². The molecule has 2 unspecified atom stereocenters. The van der Waals surface area contributed by atoms with Gasteiger partial charge in [0.15, 0.2) is 23.0 Å². The number of ether oxygens (including phenoxy) is 9. The first-order valence-corrected chi connectivity index (χ1v) is 29.6. The van der Waals surface area contributed by atoms with E-state index < -0.39 is 28.6 Å². The van der Waals surface area contributed by atoms with Gasteiger partial charge >= 0.3 is 6.09 Å². The van der Waals surface area contributed by atoms with E-state index >= 15 is 0 Å². The molecular formula is C63H73Cl3N8O10. The number of nitrogens with zero attached hydrogens (tertiary/aromatic N) is 6. The number of rotatable bonds is 12. The third kappa shape index (κ3) is 9.51. The van der Waals surface area contributed by atoms with Crippen molar-refractivity contribution < 1.29 is 47.4 Å². The summed E-state index contributed by atoms with van der Waals surface area (Å²) in [6, 6.07) is 7.98. The number of carbonyl (C=O) groups excluding carboxylic acids is 1. The zero-order chi connectivity index (χ0) is 60.0. The van der Waals surface area contributed by atoms with Gasteiger partial charge in [0.05, 0.1) is 50.5 Å². The second kappa shape index (κ2) is 23.2. The van der Waals surface area contributed by atoms with Crippen LogP contribution in [0.1, 0.15) is 102 Å². The molecule has 0 aromatic heterocycles. The van der Waals surface area contributed by atoms with Crippen LogP contribution >= 0.6 is 34.8 Å². The molecule has 4 aromatic rings. The van der Waals surface area contributed by atoms with Crippen LogP contribution in [0.4, 0.5) is 4.79 Å². The quantitative estimate of drug-likeness (QED) is 0.100. The second-order valence-corrected chi connectivity index (χ2v) is 25.6. The van der Waals surface area contributed by atoms with Gasteiger partial charge in [-0.2, -0.15) is 10.5 Å². The Hall–Kier alpha value is -6.32. The van der Waals surface area contributed by atoms with Gasteiger partial charge in [0.2, 0.25) is 17.4 Å². The van der Waals surface area contributed by atoms with Crippen LogP contribution in [0.15, 0.2) is 37.4 Å². The number of aryl methyl sites for hydroxylation is 2. The SMILES string of the molecule is C=CCOc1c(C)c2c(c3c1CC1[C@H]4c5c(cc(C)c(OC)c5C)C[C@@H]([C@H](C#N)N1[C@H]3CN)N4C)OCO2.C=CCOc1c(C)c2c(c3c1CC1[C@H]4c5c(cc(C)c(OC)c5C)C[C@@H]([C@H](C#N)N1[C@H]3CNC(=O)OCC(Cl)(Cl)Cl)N4C)OCO2. The Labute approximate surface area is 506 Å². The number of likely N-dealkylation sites (N-methyl/N-ethyl adjacent to an activating group) is 2. The van der Waals surface area contributed by atoms with Crippen LogP contribution in [0.3, 0.4) is 0 Å². The molecule has 4 bridgehead atoms. The monoisotopic (exact) mass is 1210 g/mol.